The van der Waals surface area contributed by atoms with Gasteiger partial charge in [-0.15, -0.1) is 0 Å². The van der Waals surface area contributed by atoms with Crippen LogP contribution in [0.5, 0.6) is 0 Å². The van der Waals surface area contributed by atoms with E-state index in [0.717, 1.165) is 38.9 Å². The summed E-state index contributed by atoms with van der Waals surface area (Å²) >= 11 is 0. The molecule has 0 aliphatic carbocycles. The number of nitrogens with zero attached hydrogens (tertiary/aromatic N) is 1. The van der Waals surface area contributed by atoms with Crippen LogP contribution in [0, 0.1) is 11.8 Å². The Hall–Kier alpha value is -0.610. The third-order valence-corrected chi connectivity index (χ3v) is 3.94. The maximum Gasteiger partial charge on any atom is 0.227 e. The fourth-order valence-electron chi connectivity index (χ4n) is 2.87. The largest absolute Gasteiger partial charge is 0.338 e. The number of amides is 1. The van der Waals surface area contributed by atoms with Crippen LogP contribution < -0.4 is 11.1 Å². The van der Waals surface area contributed by atoms with Gasteiger partial charge in [0.25, 0.3) is 0 Å². The zero-order chi connectivity index (χ0) is 11.5. The van der Waals surface area contributed by atoms with Crippen molar-refractivity contribution in [1.82, 2.24) is 10.2 Å². The smallest absolute Gasteiger partial charge is 0.227 e. The maximum absolute atomic E-state index is 12.3. The molecule has 1 amide bonds. The number of rotatable bonds is 2. The lowest BCUT2D eigenvalue weighted by atomic mass is 9.91. The first-order valence-corrected chi connectivity index (χ1v) is 6.43. The summed E-state index contributed by atoms with van der Waals surface area (Å²) in [5.41, 5.74) is 5.78. The molecule has 2 aliphatic heterocycles. The van der Waals surface area contributed by atoms with Crippen LogP contribution in [0.25, 0.3) is 0 Å². The third-order valence-electron chi connectivity index (χ3n) is 3.94. The molecule has 2 saturated heterocycles. The van der Waals surface area contributed by atoms with Gasteiger partial charge in [-0.3, -0.25) is 4.79 Å². The van der Waals surface area contributed by atoms with E-state index in [1.54, 1.807) is 0 Å². The van der Waals surface area contributed by atoms with Crippen LogP contribution >= 0.6 is 0 Å². The van der Waals surface area contributed by atoms with Gasteiger partial charge in [0.05, 0.1) is 5.92 Å². The van der Waals surface area contributed by atoms with E-state index in [2.05, 4.69) is 12.2 Å². The fraction of sp³-hybridized carbons (Fsp3) is 0.917. The Morgan fingerprint density at radius 1 is 1.50 bits per heavy atom. The van der Waals surface area contributed by atoms with Crippen LogP contribution in [0.15, 0.2) is 0 Å². The minimum atomic E-state index is 0.197. The molecule has 3 unspecified atom stereocenters. The quantitative estimate of drug-likeness (QED) is 0.705. The molecule has 3 atom stereocenters. The zero-order valence-corrected chi connectivity index (χ0v) is 10.1. The predicted octanol–water partition coefficient (Wildman–Crippen LogP) is 0.182. The molecule has 2 fully saturated rings. The molecule has 3 N–H and O–H groups in total. The molecular weight excluding hydrogens is 202 g/mol. The Balaban J connectivity index is 1.98. The lowest BCUT2D eigenvalue weighted by Gasteiger charge is -2.39. The van der Waals surface area contributed by atoms with E-state index in [-0.39, 0.29) is 12.0 Å². The van der Waals surface area contributed by atoms with E-state index >= 15 is 0 Å². The van der Waals surface area contributed by atoms with Crippen LogP contribution in [0.4, 0.5) is 0 Å². The summed E-state index contributed by atoms with van der Waals surface area (Å²) in [5.74, 6) is 1.23. The van der Waals surface area contributed by atoms with Gasteiger partial charge in [-0.1, -0.05) is 6.92 Å². The molecular formula is C12H23N3O. The van der Waals surface area contributed by atoms with Crippen LogP contribution in [-0.4, -0.2) is 43.0 Å². The fourth-order valence-corrected chi connectivity index (χ4v) is 2.87. The monoisotopic (exact) mass is 225 g/mol. The first-order valence-electron chi connectivity index (χ1n) is 6.43. The standard InChI is InChI=1S/C12H23N3O/c1-9-3-5-15(11(6-9)7-13)12(16)10-2-4-14-8-10/h9-11,14H,2-8,13H2,1H3. The summed E-state index contributed by atoms with van der Waals surface area (Å²) in [7, 11) is 0. The van der Waals surface area contributed by atoms with E-state index in [1.165, 1.54) is 0 Å². The second-order valence-electron chi connectivity index (χ2n) is 5.24. The Morgan fingerprint density at radius 3 is 2.94 bits per heavy atom. The molecule has 4 heteroatoms. The van der Waals surface area contributed by atoms with Crippen LogP contribution in [0.2, 0.25) is 0 Å². The summed E-state index contributed by atoms with van der Waals surface area (Å²) in [6, 6.07) is 0.275. The first-order chi connectivity index (χ1) is 7.72. The molecule has 0 saturated carbocycles. The van der Waals surface area contributed by atoms with Crippen molar-refractivity contribution in [3.63, 3.8) is 0 Å². The number of nitrogens with one attached hydrogen (secondary N) is 1. The second-order valence-corrected chi connectivity index (χ2v) is 5.24. The molecule has 92 valence electrons. The van der Waals surface area contributed by atoms with E-state index in [1.807, 2.05) is 4.90 Å². The Kier molecular flexibility index (Phi) is 3.82. The molecule has 2 heterocycles. The lowest BCUT2D eigenvalue weighted by molar-refractivity contribution is -0.139. The van der Waals surface area contributed by atoms with E-state index in [9.17, 15) is 4.79 Å². The van der Waals surface area contributed by atoms with Crippen molar-refractivity contribution in [3.8, 4) is 0 Å². The number of hydrogen-bond donors (Lipinski definition) is 2. The van der Waals surface area contributed by atoms with Gasteiger partial charge in [-0.2, -0.15) is 0 Å². The summed E-state index contributed by atoms with van der Waals surface area (Å²) in [4.78, 5) is 14.3. The van der Waals surface area contributed by atoms with Crippen molar-refractivity contribution in [3.05, 3.63) is 0 Å². The molecule has 16 heavy (non-hydrogen) atoms. The van der Waals surface area contributed by atoms with Gasteiger partial charge in [0.15, 0.2) is 0 Å². The van der Waals surface area contributed by atoms with Gasteiger partial charge in [-0.05, 0) is 31.7 Å². The summed E-state index contributed by atoms with van der Waals surface area (Å²) in [6.45, 7) is 5.59. The summed E-state index contributed by atoms with van der Waals surface area (Å²) < 4.78 is 0. The number of carbonyl (C=O) groups is 1. The normalized spacial score (nSPS) is 35.4. The van der Waals surface area contributed by atoms with E-state index in [0.29, 0.717) is 18.4 Å². The predicted molar refractivity (Wildman–Crippen MR) is 63.9 cm³/mol. The summed E-state index contributed by atoms with van der Waals surface area (Å²) in [6.07, 6.45) is 3.19. The highest BCUT2D eigenvalue weighted by Crippen LogP contribution is 2.24. The van der Waals surface area contributed by atoms with Crippen molar-refractivity contribution in [2.24, 2.45) is 17.6 Å². The topological polar surface area (TPSA) is 58.4 Å². The number of carbonyl (C=O) groups excluding carboxylic acids is 1. The molecule has 0 aromatic rings. The molecule has 0 radical (unpaired) electrons. The van der Waals surface area contributed by atoms with Crippen molar-refractivity contribution in [2.75, 3.05) is 26.2 Å². The average Bonchev–Trinajstić information content (AvgIpc) is 2.81. The number of piperidine rings is 1. The highest BCUT2D eigenvalue weighted by atomic mass is 16.2. The zero-order valence-electron chi connectivity index (χ0n) is 10.1. The number of hydrogen-bond acceptors (Lipinski definition) is 3. The maximum atomic E-state index is 12.3. The number of nitrogens with two attached hydrogens (primary N) is 1. The molecule has 4 nitrogen and oxygen atoms in total. The van der Waals surface area contributed by atoms with Crippen LogP contribution in [0.1, 0.15) is 26.2 Å². The Morgan fingerprint density at radius 2 is 2.31 bits per heavy atom. The SMILES string of the molecule is CC1CCN(C(=O)C2CCNC2)C(CN)C1. The lowest BCUT2D eigenvalue weighted by Crippen LogP contribution is -2.51. The van der Waals surface area contributed by atoms with Crippen LogP contribution in [0.3, 0.4) is 0 Å². The summed E-state index contributed by atoms with van der Waals surface area (Å²) in [5, 5.41) is 3.26. The first kappa shape index (κ1) is 11.9. The van der Waals surface area contributed by atoms with Crippen molar-refractivity contribution in [1.29, 1.82) is 0 Å². The number of likely N-dealkylation sites (tertiary alicyclic amines) is 1. The molecule has 2 aliphatic rings. The minimum absolute atomic E-state index is 0.197. The van der Waals surface area contributed by atoms with Gasteiger partial charge in [0, 0.05) is 25.7 Å². The van der Waals surface area contributed by atoms with Gasteiger partial charge in [0.1, 0.15) is 0 Å². The molecule has 0 aromatic heterocycles. The Labute approximate surface area is 97.6 Å². The van der Waals surface area contributed by atoms with Crippen molar-refractivity contribution < 1.29 is 4.79 Å². The highest BCUT2D eigenvalue weighted by Gasteiger charge is 2.33. The van der Waals surface area contributed by atoms with Gasteiger partial charge in [-0.25, -0.2) is 0 Å². The van der Waals surface area contributed by atoms with E-state index in [4.69, 9.17) is 5.73 Å². The average molecular weight is 225 g/mol. The van der Waals surface area contributed by atoms with Crippen LogP contribution in [-0.2, 0) is 4.79 Å². The van der Waals surface area contributed by atoms with Gasteiger partial charge < -0.3 is 16.0 Å². The molecule has 0 aromatic carbocycles. The third kappa shape index (κ3) is 2.38. The van der Waals surface area contributed by atoms with E-state index < -0.39 is 0 Å². The molecule has 2 rings (SSSR count). The molecule has 0 spiro atoms. The van der Waals surface area contributed by atoms with Crippen molar-refractivity contribution >= 4 is 5.91 Å². The van der Waals surface area contributed by atoms with Gasteiger partial charge in [0.2, 0.25) is 5.91 Å². The second kappa shape index (κ2) is 5.15. The highest BCUT2D eigenvalue weighted by molar-refractivity contribution is 5.79. The van der Waals surface area contributed by atoms with Gasteiger partial charge >= 0.3 is 0 Å². The van der Waals surface area contributed by atoms with Crippen molar-refractivity contribution in [2.45, 2.75) is 32.2 Å². The molecule has 0 bridgehead atoms. The minimum Gasteiger partial charge on any atom is -0.338 e. The Bertz CT molecular complexity index is 251.